The SMILES string of the molecule is Br.Cc1ccc2c(O)cc(F)cc2n1. The number of rotatable bonds is 0. The van der Waals surface area contributed by atoms with Gasteiger partial charge in [0.05, 0.1) is 5.52 Å². The smallest absolute Gasteiger partial charge is 0.129 e. The van der Waals surface area contributed by atoms with Crippen molar-refractivity contribution in [3.8, 4) is 5.75 Å². The monoisotopic (exact) mass is 257 g/mol. The van der Waals surface area contributed by atoms with E-state index < -0.39 is 5.82 Å². The van der Waals surface area contributed by atoms with E-state index in [2.05, 4.69) is 4.98 Å². The van der Waals surface area contributed by atoms with E-state index in [0.29, 0.717) is 10.9 Å². The maximum Gasteiger partial charge on any atom is 0.129 e. The Morgan fingerprint density at radius 1 is 1.29 bits per heavy atom. The third-order valence-electron chi connectivity index (χ3n) is 1.89. The molecule has 14 heavy (non-hydrogen) atoms. The molecule has 0 bridgehead atoms. The third-order valence-corrected chi connectivity index (χ3v) is 1.89. The zero-order valence-electron chi connectivity index (χ0n) is 7.49. The van der Waals surface area contributed by atoms with Crippen molar-refractivity contribution in [3.63, 3.8) is 0 Å². The molecule has 0 saturated carbocycles. The topological polar surface area (TPSA) is 33.1 Å². The predicted molar refractivity (Wildman–Crippen MR) is 58.4 cm³/mol. The molecule has 1 aromatic heterocycles. The van der Waals surface area contributed by atoms with Crippen LogP contribution in [-0.4, -0.2) is 10.1 Å². The van der Waals surface area contributed by atoms with Gasteiger partial charge in [-0.2, -0.15) is 0 Å². The lowest BCUT2D eigenvalue weighted by atomic mass is 10.2. The fourth-order valence-electron chi connectivity index (χ4n) is 1.28. The molecule has 2 aromatic rings. The van der Waals surface area contributed by atoms with Crippen LogP contribution in [0, 0.1) is 12.7 Å². The standard InChI is InChI=1S/C10H8FNO.BrH/c1-6-2-3-8-9(12-6)4-7(11)5-10(8)13;/h2-5,13H,1H3;1H. The van der Waals surface area contributed by atoms with Crippen LogP contribution < -0.4 is 0 Å². The van der Waals surface area contributed by atoms with Gasteiger partial charge in [-0.05, 0) is 19.1 Å². The molecule has 2 nitrogen and oxygen atoms in total. The number of halogens is 2. The summed E-state index contributed by atoms with van der Waals surface area (Å²) >= 11 is 0. The van der Waals surface area contributed by atoms with Crippen LogP contribution in [0.3, 0.4) is 0 Å². The highest BCUT2D eigenvalue weighted by Crippen LogP contribution is 2.24. The van der Waals surface area contributed by atoms with Crippen LogP contribution in [0.1, 0.15) is 5.69 Å². The van der Waals surface area contributed by atoms with Gasteiger partial charge >= 0.3 is 0 Å². The molecule has 0 amide bonds. The number of benzene rings is 1. The molecule has 1 aromatic carbocycles. The van der Waals surface area contributed by atoms with Crippen molar-refractivity contribution >= 4 is 27.9 Å². The Kier molecular flexibility index (Phi) is 3.06. The van der Waals surface area contributed by atoms with E-state index in [1.807, 2.05) is 6.92 Å². The maximum atomic E-state index is 12.8. The van der Waals surface area contributed by atoms with Crippen LogP contribution in [0.15, 0.2) is 24.3 Å². The summed E-state index contributed by atoms with van der Waals surface area (Å²) in [5.41, 5.74) is 1.29. The first-order valence-corrected chi connectivity index (χ1v) is 3.93. The number of hydrogen-bond donors (Lipinski definition) is 1. The molecule has 4 heteroatoms. The minimum Gasteiger partial charge on any atom is -0.507 e. The summed E-state index contributed by atoms with van der Waals surface area (Å²) in [6, 6.07) is 5.90. The fourth-order valence-corrected chi connectivity index (χ4v) is 1.28. The Morgan fingerprint density at radius 2 is 2.00 bits per heavy atom. The number of nitrogens with zero attached hydrogens (tertiary/aromatic N) is 1. The van der Waals surface area contributed by atoms with Gasteiger partial charge in [0.25, 0.3) is 0 Å². The number of aryl methyl sites for hydroxylation is 1. The van der Waals surface area contributed by atoms with Gasteiger partial charge in [-0.15, -0.1) is 17.0 Å². The van der Waals surface area contributed by atoms with Crippen LogP contribution in [0.4, 0.5) is 4.39 Å². The quantitative estimate of drug-likeness (QED) is 0.788. The van der Waals surface area contributed by atoms with Gasteiger partial charge < -0.3 is 5.11 Å². The maximum absolute atomic E-state index is 12.8. The molecule has 0 aliphatic heterocycles. The average molecular weight is 258 g/mol. The zero-order chi connectivity index (χ0) is 9.42. The second-order valence-corrected chi connectivity index (χ2v) is 2.94. The van der Waals surface area contributed by atoms with Crippen LogP contribution in [-0.2, 0) is 0 Å². The fraction of sp³-hybridized carbons (Fsp3) is 0.100. The Labute approximate surface area is 91.2 Å². The molecule has 0 radical (unpaired) electrons. The first kappa shape index (κ1) is 10.9. The molecule has 0 aliphatic rings. The van der Waals surface area contributed by atoms with Crippen molar-refractivity contribution in [2.45, 2.75) is 6.92 Å². The molecular formula is C10H9BrFNO. The lowest BCUT2D eigenvalue weighted by Crippen LogP contribution is -1.84. The van der Waals surface area contributed by atoms with Gasteiger partial charge in [0.1, 0.15) is 11.6 Å². The second-order valence-electron chi connectivity index (χ2n) is 2.94. The number of phenols is 1. The largest absolute Gasteiger partial charge is 0.507 e. The molecule has 0 aliphatic carbocycles. The molecular weight excluding hydrogens is 249 g/mol. The summed E-state index contributed by atoms with van der Waals surface area (Å²) in [7, 11) is 0. The summed E-state index contributed by atoms with van der Waals surface area (Å²) in [4.78, 5) is 4.10. The van der Waals surface area contributed by atoms with E-state index in [0.717, 1.165) is 11.8 Å². The molecule has 74 valence electrons. The second kappa shape index (κ2) is 3.92. The van der Waals surface area contributed by atoms with Crippen molar-refractivity contribution in [3.05, 3.63) is 35.8 Å². The third kappa shape index (κ3) is 1.85. The number of pyridine rings is 1. The van der Waals surface area contributed by atoms with Gasteiger partial charge in [-0.3, -0.25) is 4.98 Å². The summed E-state index contributed by atoms with van der Waals surface area (Å²) in [5.74, 6) is -0.536. The Bertz CT molecular complexity index is 468. The van der Waals surface area contributed by atoms with Gasteiger partial charge in [0.15, 0.2) is 0 Å². The Balaban J connectivity index is 0.000000980. The van der Waals surface area contributed by atoms with Crippen LogP contribution in [0.25, 0.3) is 10.9 Å². The summed E-state index contributed by atoms with van der Waals surface area (Å²) in [5, 5.41) is 9.94. The van der Waals surface area contributed by atoms with Crippen molar-refractivity contribution in [1.29, 1.82) is 0 Å². The van der Waals surface area contributed by atoms with Crippen molar-refractivity contribution in [2.75, 3.05) is 0 Å². The van der Waals surface area contributed by atoms with E-state index in [-0.39, 0.29) is 22.7 Å². The van der Waals surface area contributed by atoms with Crippen LogP contribution in [0.2, 0.25) is 0 Å². The molecule has 1 heterocycles. The van der Waals surface area contributed by atoms with E-state index in [1.54, 1.807) is 12.1 Å². The molecule has 0 fully saturated rings. The minimum absolute atomic E-state index is 0. The highest BCUT2D eigenvalue weighted by molar-refractivity contribution is 8.93. The van der Waals surface area contributed by atoms with Crippen LogP contribution >= 0.6 is 17.0 Å². The predicted octanol–water partition coefficient (Wildman–Crippen LogP) is 2.97. The van der Waals surface area contributed by atoms with Gasteiger partial charge in [-0.25, -0.2) is 4.39 Å². The first-order valence-electron chi connectivity index (χ1n) is 3.93. The average Bonchev–Trinajstić information content (AvgIpc) is 2.02. The Hall–Kier alpha value is -1.16. The molecule has 0 saturated heterocycles. The Morgan fingerprint density at radius 3 is 2.71 bits per heavy atom. The molecule has 2 rings (SSSR count). The number of hydrogen-bond acceptors (Lipinski definition) is 2. The van der Waals surface area contributed by atoms with Crippen molar-refractivity contribution < 1.29 is 9.50 Å². The van der Waals surface area contributed by atoms with E-state index in [9.17, 15) is 9.50 Å². The number of fused-ring (bicyclic) bond motifs is 1. The summed E-state index contributed by atoms with van der Waals surface area (Å²) in [6.45, 7) is 1.82. The lowest BCUT2D eigenvalue weighted by molar-refractivity contribution is 0.475. The van der Waals surface area contributed by atoms with Crippen LogP contribution in [0.5, 0.6) is 5.75 Å². The van der Waals surface area contributed by atoms with E-state index >= 15 is 0 Å². The highest BCUT2D eigenvalue weighted by Gasteiger charge is 2.03. The first-order chi connectivity index (χ1) is 6.16. The van der Waals surface area contributed by atoms with Gasteiger partial charge in [0.2, 0.25) is 0 Å². The number of aromatic nitrogens is 1. The molecule has 0 atom stereocenters. The highest BCUT2D eigenvalue weighted by atomic mass is 79.9. The normalized spacial score (nSPS) is 9.86. The summed E-state index contributed by atoms with van der Waals surface area (Å²) < 4.78 is 12.8. The zero-order valence-corrected chi connectivity index (χ0v) is 9.20. The summed E-state index contributed by atoms with van der Waals surface area (Å²) in [6.07, 6.45) is 0. The van der Waals surface area contributed by atoms with E-state index in [4.69, 9.17) is 0 Å². The number of phenolic OH excluding ortho intramolecular Hbond substituents is 1. The molecule has 0 spiro atoms. The van der Waals surface area contributed by atoms with Gasteiger partial charge in [-0.1, -0.05) is 0 Å². The van der Waals surface area contributed by atoms with Gasteiger partial charge in [0, 0.05) is 23.2 Å². The van der Waals surface area contributed by atoms with E-state index in [1.165, 1.54) is 6.07 Å². The van der Waals surface area contributed by atoms with Crippen molar-refractivity contribution in [1.82, 2.24) is 4.98 Å². The minimum atomic E-state index is -0.469. The molecule has 1 N–H and O–H groups in total. The molecule has 0 unspecified atom stereocenters. The number of aromatic hydroxyl groups is 1. The van der Waals surface area contributed by atoms with Crippen molar-refractivity contribution in [2.24, 2.45) is 0 Å². The lowest BCUT2D eigenvalue weighted by Gasteiger charge is -2.01.